The fourth-order valence-electron chi connectivity index (χ4n) is 1.41. The Kier molecular flexibility index (Phi) is 3.17. The van der Waals surface area contributed by atoms with Gasteiger partial charge in [-0.3, -0.25) is 4.57 Å². The molecule has 0 aliphatic heterocycles. The van der Waals surface area contributed by atoms with Crippen molar-refractivity contribution in [2.45, 2.75) is 6.42 Å². The molecule has 4 nitrogen and oxygen atoms in total. The summed E-state index contributed by atoms with van der Waals surface area (Å²) < 4.78 is 14.7. The summed E-state index contributed by atoms with van der Waals surface area (Å²) in [6.45, 7) is 0.480. The average molecular weight is 241 g/mol. The van der Waals surface area contributed by atoms with Crippen LogP contribution in [0.4, 0.5) is 4.39 Å². The first kappa shape index (κ1) is 11.0. The third-order valence-corrected chi connectivity index (χ3v) is 2.46. The van der Waals surface area contributed by atoms with E-state index in [-0.39, 0.29) is 5.02 Å². The van der Waals surface area contributed by atoms with Crippen molar-refractivity contribution >= 4 is 11.6 Å². The fraction of sp³-hybridized carbons (Fsp3) is 0.200. The van der Waals surface area contributed by atoms with E-state index in [1.807, 2.05) is 0 Å². The van der Waals surface area contributed by atoms with Crippen molar-refractivity contribution in [1.82, 2.24) is 14.8 Å². The molecule has 2 N–H and O–H groups in total. The minimum absolute atomic E-state index is 0.0740. The first-order valence-corrected chi connectivity index (χ1v) is 5.14. The molecular weight excluding hydrogens is 231 g/mol. The van der Waals surface area contributed by atoms with E-state index in [2.05, 4.69) is 10.2 Å². The molecule has 84 valence electrons. The molecule has 1 heterocycles. The van der Waals surface area contributed by atoms with Gasteiger partial charge in [-0.1, -0.05) is 11.6 Å². The third-order valence-electron chi connectivity index (χ3n) is 2.17. The summed E-state index contributed by atoms with van der Waals surface area (Å²) in [6.07, 6.45) is 2.16. The maximum Gasteiger partial charge on any atom is 0.141 e. The number of benzene rings is 1. The van der Waals surface area contributed by atoms with Crippen LogP contribution in [-0.4, -0.2) is 21.3 Å². The van der Waals surface area contributed by atoms with Crippen LogP contribution in [0.15, 0.2) is 24.5 Å². The summed E-state index contributed by atoms with van der Waals surface area (Å²) in [5.41, 5.74) is 6.18. The maximum absolute atomic E-state index is 13.0. The molecule has 0 bridgehead atoms. The van der Waals surface area contributed by atoms with Crippen LogP contribution >= 0.6 is 11.6 Å². The Morgan fingerprint density at radius 3 is 2.94 bits per heavy atom. The first-order chi connectivity index (χ1) is 7.72. The lowest BCUT2D eigenvalue weighted by molar-refractivity contribution is 0.627. The van der Waals surface area contributed by atoms with E-state index in [0.29, 0.717) is 13.0 Å². The molecule has 1 aromatic carbocycles. The van der Waals surface area contributed by atoms with E-state index >= 15 is 0 Å². The van der Waals surface area contributed by atoms with Crippen molar-refractivity contribution in [1.29, 1.82) is 0 Å². The van der Waals surface area contributed by atoms with Gasteiger partial charge >= 0.3 is 0 Å². The molecule has 0 atom stereocenters. The van der Waals surface area contributed by atoms with Crippen LogP contribution in [0.1, 0.15) is 5.82 Å². The maximum atomic E-state index is 13.0. The Morgan fingerprint density at radius 2 is 2.25 bits per heavy atom. The molecule has 6 heteroatoms. The molecule has 0 fully saturated rings. The van der Waals surface area contributed by atoms with Gasteiger partial charge in [0.25, 0.3) is 0 Å². The van der Waals surface area contributed by atoms with E-state index in [4.69, 9.17) is 17.3 Å². The van der Waals surface area contributed by atoms with E-state index in [9.17, 15) is 4.39 Å². The molecule has 0 aliphatic carbocycles. The van der Waals surface area contributed by atoms with Gasteiger partial charge in [-0.25, -0.2) is 4.39 Å². The lowest BCUT2D eigenvalue weighted by Gasteiger charge is -2.06. The number of halogens is 2. The normalized spacial score (nSPS) is 10.7. The molecular formula is C10H10ClFN4. The molecule has 0 amide bonds. The zero-order chi connectivity index (χ0) is 11.5. The van der Waals surface area contributed by atoms with Gasteiger partial charge in [-0.05, 0) is 24.7 Å². The third kappa shape index (κ3) is 2.05. The van der Waals surface area contributed by atoms with Crippen LogP contribution in [-0.2, 0) is 6.42 Å². The lowest BCUT2D eigenvalue weighted by Crippen LogP contribution is -2.08. The van der Waals surface area contributed by atoms with Gasteiger partial charge in [0.1, 0.15) is 18.0 Å². The van der Waals surface area contributed by atoms with Gasteiger partial charge in [0.2, 0.25) is 0 Å². The molecule has 2 aromatic rings. The second-order valence-electron chi connectivity index (χ2n) is 3.25. The minimum atomic E-state index is -0.445. The van der Waals surface area contributed by atoms with Crippen molar-refractivity contribution < 1.29 is 4.39 Å². The summed E-state index contributed by atoms with van der Waals surface area (Å²) in [4.78, 5) is 0. The molecule has 0 spiro atoms. The van der Waals surface area contributed by atoms with Crippen LogP contribution in [0.2, 0.25) is 5.02 Å². The fourth-order valence-corrected chi connectivity index (χ4v) is 1.58. The van der Waals surface area contributed by atoms with Crippen molar-refractivity contribution in [3.05, 3.63) is 41.2 Å². The van der Waals surface area contributed by atoms with Crippen molar-refractivity contribution in [2.75, 3.05) is 6.54 Å². The number of hydrogen-bond donors (Lipinski definition) is 1. The zero-order valence-electron chi connectivity index (χ0n) is 8.40. The SMILES string of the molecule is NCCc1nncn1-c1ccc(F)c(Cl)c1. The number of rotatable bonds is 3. The van der Waals surface area contributed by atoms with Gasteiger partial charge < -0.3 is 5.73 Å². The van der Waals surface area contributed by atoms with E-state index in [0.717, 1.165) is 11.5 Å². The van der Waals surface area contributed by atoms with Crippen LogP contribution in [0.25, 0.3) is 5.69 Å². The Labute approximate surface area is 96.9 Å². The summed E-state index contributed by atoms with van der Waals surface area (Å²) in [6, 6.07) is 4.45. The second kappa shape index (κ2) is 4.59. The smallest absolute Gasteiger partial charge is 0.141 e. The average Bonchev–Trinajstić information content (AvgIpc) is 2.71. The molecule has 0 saturated heterocycles. The molecule has 16 heavy (non-hydrogen) atoms. The highest BCUT2D eigenvalue weighted by Gasteiger charge is 2.07. The number of nitrogens with two attached hydrogens (primary N) is 1. The zero-order valence-corrected chi connectivity index (χ0v) is 9.15. The molecule has 1 aromatic heterocycles. The molecule has 0 saturated carbocycles. The highest BCUT2D eigenvalue weighted by Crippen LogP contribution is 2.19. The van der Waals surface area contributed by atoms with Crippen LogP contribution < -0.4 is 5.73 Å². The predicted molar refractivity (Wildman–Crippen MR) is 59.1 cm³/mol. The molecule has 0 unspecified atom stereocenters. The van der Waals surface area contributed by atoms with Gasteiger partial charge in [-0.15, -0.1) is 10.2 Å². The Bertz CT molecular complexity index is 497. The first-order valence-electron chi connectivity index (χ1n) is 4.77. The number of hydrogen-bond acceptors (Lipinski definition) is 3. The molecule has 2 rings (SSSR count). The number of aromatic nitrogens is 3. The summed E-state index contributed by atoms with van der Waals surface area (Å²) in [5.74, 6) is 0.282. The monoisotopic (exact) mass is 240 g/mol. The number of nitrogens with zero attached hydrogens (tertiary/aromatic N) is 3. The second-order valence-corrected chi connectivity index (χ2v) is 3.66. The van der Waals surface area contributed by atoms with Gasteiger partial charge in [0.15, 0.2) is 0 Å². The van der Waals surface area contributed by atoms with E-state index < -0.39 is 5.82 Å². The van der Waals surface area contributed by atoms with E-state index in [1.165, 1.54) is 12.1 Å². The largest absolute Gasteiger partial charge is 0.330 e. The van der Waals surface area contributed by atoms with Crippen LogP contribution in [0, 0.1) is 5.82 Å². The highest BCUT2D eigenvalue weighted by molar-refractivity contribution is 6.30. The Hall–Kier alpha value is -1.46. The van der Waals surface area contributed by atoms with Crippen molar-refractivity contribution in [3.8, 4) is 5.69 Å². The summed E-state index contributed by atoms with van der Waals surface area (Å²) in [7, 11) is 0. The summed E-state index contributed by atoms with van der Waals surface area (Å²) in [5, 5.41) is 7.79. The van der Waals surface area contributed by atoms with Crippen LogP contribution in [0.3, 0.4) is 0 Å². The van der Waals surface area contributed by atoms with Gasteiger partial charge in [-0.2, -0.15) is 0 Å². The van der Waals surface area contributed by atoms with Gasteiger partial charge in [0.05, 0.1) is 5.02 Å². The standard InChI is InChI=1S/C10H10ClFN4/c11-8-5-7(1-2-9(8)12)16-6-14-15-10(16)3-4-13/h1-2,5-6H,3-4,13H2. The van der Waals surface area contributed by atoms with E-state index in [1.54, 1.807) is 17.0 Å². The van der Waals surface area contributed by atoms with Crippen molar-refractivity contribution in [2.24, 2.45) is 5.73 Å². The molecule has 0 aliphatic rings. The van der Waals surface area contributed by atoms with Gasteiger partial charge in [0, 0.05) is 12.1 Å². The highest BCUT2D eigenvalue weighted by atomic mass is 35.5. The lowest BCUT2D eigenvalue weighted by atomic mass is 10.3. The summed E-state index contributed by atoms with van der Waals surface area (Å²) >= 11 is 5.71. The predicted octanol–water partition coefficient (Wildman–Crippen LogP) is 1.56. The quantitative estimate of drug-likeness (QED) is 0.886. The Balaban J connectivity index is 2.42. The van der Waals surface area contributed by atoms with Crippen molar-refractivity contribution in [3.63, 3.8) is 0 Å². The minimum Gasteiger partial charge on any atom is -0.330 e. The topological polar surface area (TPSA) is 56.7 Å². The van der Waals surface area contributed by atoms with Crippen LogP contribution in [0.5, 0.6) is 0 Å². The Morgan fingerprint density at radius 1 is 1.44 bits per heavy atom. The molecule has 0 radical (unpaired) electrons.